The Morgan fingerprint density at radius 3 is 2.37 bits per heavy atom. The molecule has 0 fully saturated rings. The highest BCUT2D eigenvalue weighted by Crippen LogP contribution is 2.18. The third-order valence-corrected chi connectivity index (χ3v) is 3.84. The maximum atomic E-state index is 10.4. The fourth-order valence-corrected chi connectivity index (χ4v) is 2.44. The highest BCUT2D eigenvalue weighted by molar-refractivity contribution is 14.0. The Morgan fingerprint density at radius 2 is 1.70 bits per heavy atom. The Hall–Kier alpha value is -2.00. The van der Waals surface area contributed by atoms with Crippen LogP contribution in [0.5, 0.6) is 11.5 Å². The largest absolute Gasteiger partial charge is 0.497 e. The molecule has 1 atom stereocenters. The van der Waals surface area contributed by atoms with Crippen molar-refractivity contribution in [2.45, 2.75) is 19.6 Å². The van der Waals surface area contributed by atoms with E-state index in [4.69, 9.17) is 9.47 Å². The van der Waals surface area contributed by atoms with Gasteiger partial charge < -0.3 is 25.2 Å². The molecule has 0 spiro atoms. The number of hydrogen-bond donors (Lipinski definition) is 3. The van der Waals surface area contributed by atoms with E-state index < -0.39 is 6.10 Å². The number of methoxy groups -OCH3 is 2. The van der Waals surface area contributed by atoms with Crippen LogP contribution in [-0.4, -0.2) is 38.4 Å². The lowest BCUT2D eigenvalue weighted by molar-refractivity contribution is 0.180. The molecule has 6 nitrogen and oxygen atoms in total. The standard InChI is InChI=1S/C20H27N3O3.HI/c1-4-21-20(22-13-15-7-5-9-17(11-15)25-2)23-14-19(24)16-8-6-10-18(12-16)26-3;/h5-12,19,24H,4,13-14H2,1-3H3,(H2,21,22,23);1H. The normalized spacial score (nSPS) is 11.9. The van der Waals surface area contributed by atoms with E-state index in [0.717, 1.165) is 29.2 Å². The Morgan fingerprint density at radius 1 is 1.04 bits per heavy atom. The lowest BCUT2D eigenvalue weighted by Crippen LogP contribution is -2.39. The third-order valence-electron chi connectivity index (χ3n) is 3.84. The van der Waals surface area contributed by atoms with Gasteiger partial charge in [0.2, 0.25) is 0 Å². The van der Waals surface area contributed by atoms with E-state index in [1.54, 1.807) is 14.2 Å². The van der Waals surface area contributed by atoms with E-state index in [9.17, 15) is 5.11 Å². The highest BCUT2D eigenvalue weighted by Gasteiger charge is 2.09. The van der Waals surface area contributed by atoms with Gasteiger partial charge in [-0.05, 0) is 42.3 Å². The first kappa shape index (κ1) is 23.0. The molecular weight excluding hydrogens is 457 g/mol. The van der Waals surface area contributed by atoms with Crippen molar-refractivity contribution >= 4 is 29.9 Å². The molecule has 0 heterocycles. The van der Waals surface area contributed by atoms with E-state index in [-0.39, 0.29) is 24.0 Å². The topological polar surface area (TPSA) is 75.1 Å². The van der Waals surface area contributed by atoms with Crippen molar-refractivity contribution in [3.63, 3.8) is 0 Å². The van der Waals surface area contributed by atoms with Gasteiger partial charge in [-0.1, -0.05) is 24.3 Å². The second kappa shape index (κ2) is 12.4. The minimum Gasteiger partial charge on any atom is -0.497 e. The zero-order valence-electron chi connectivity index (χ0n) is 15.9. The number of aliphatic hydroxyl groups is 1. The number of aliphatic hydroxyl groups excluding tert-OH is 1. The SMILES string of the molecule is CCNC(=NCc1cccc(OC)c1)NCC(O)c1cccc(OC)c1.I. The zero-order valence-corrected chi connectivity index (χ0v) is 18.3. The van der Waals surface area contributed by atoms with Gasteiger partial charge in [-0.2, -0.15) is 0 Å². The number of nitrogens with one attached hydrogen (secondary N) is 2. The van der Waals surface area contributed by atoms with Crippen molar-refractivity contribution < 1.29 is 14.6 Å². The summed E-state index contributed by atoms with van der Waals surface area (Å²) in [5, 5.41) is 16.7. The number of guanidine groups is 1. The van der Waals surface area contributed by atoms with Gasteiger partial charge in [0.1, 0.15) is 11.5 Å². The van der Waals surface area contributed by atoms with Gasteiger partial charge in [0.25, 0.3) is 0 Å². The zero-order chi connectivity index (χ0) is 18.8. The highest BCUT2D eigenvalue weighted by atomic mass is 127. The number of aliphatic imine (C=N–C) groups is 1. The molecule has 0 aliphatic rings. The van der Waals surface area contributed by atoms with Gasteiger partial charge in [-0.15, -0.1) is 24.0 Å². The molecule has 0 aliphatic carbocycles. The number of hydrogen-bond acceptors (Lipinski definition) is 4. The minimum absolute atomic E-state index is 0. The van der Waals surface area contributed by atoms with Crippen LogP contribution in [0.25, 0.3) is 0 Å². The van der Waals surface area contributed by atoms with Crippen molar-refractivity contribution in [3.05, 3.63) is 59.7 Å². The summed E-state index contributed by atoms with van der Waals surface area (Å²) in [5.41, 5.74) is 1.84. The fourth-order valence-electron chi connectivity index (χ4n) is 2.44. The summed E-state index contributed by atoms with van der Waals surface area (Å²) < 4.78 is 10.4. The molecule has 27 heavy (non-hydrogen) atoms. The van der Waals surface area contributed by atoms with E-state index in [2.05, 4.69) is 15.6 Å². The van der Waals surface area contributed by atoms with Crippen molar-refractivity contribution in [2.75, 3.05) is 27.3 Å². The summed E-state index contributed by atoms with van der Waals surface area (Å²) in [6.07, 6.45) is -0.661. The molecule has 0 aliphatic heterocycles. The molecule has 2 rings (SSSR count). The monoisotopic (exact) mass is 485 g/mol. The summed E-state index contributed by atoms with van der Waals surface area (Å²) in [4.78, 5) is 4.56. The first-order chi connectivity index (χ1) is 12.7. The summed E-state index contributed by atoms with van der Waals surface area (Å²) >= 11 is 0. The summed E-state index contributed by atoms with van der Waals surface area (Å²) in [5.74, 6) is 2.18. The number of rotatable bonds is 8. The van der Waals surface area contributed by atoms with Gasteiger partial charge in [0.15, 0.2) is 5.96 Å². The van der Waals surface area contributed by atoms with Crippen LogP contribution in [0.2, 0.25) is 0 Å². The molecule has 148 valence electrons. The van der Waals surface area contributed by atoms with Crippen molar-refractivity contribution in [1.82, 2.24) is 10.6 Å². The van der Waals surface area contributed by atoms with E-state index in [0.29, 0.717) is 19.0 Å². The summed E-state index contributed by atoms with van der Waals surface area (Å²) in [7, 11) is 3.26. The molecule has 0 bridgehead atoms. The third kappa shape index (κ3) is 7.64. The van der Waals surface area contributed by atoms with Crippen LogP contribution in [0.4, 0.5) is 0 Å². The van der Waals surface area contributed by atoms with Crippen molar-refractivity contribution in [2.24, 2.45) is 4.99 Å². The average molecular weight is 485 g/mol. The van der Waals surface area contributed by atoms with Gasteiger partial charge in [-0.25, -0.2) is 4.99 Å². The van der Waals surface area contributed by atoms with Crippen LogP contribution in [0.1, 0.15) is 24.2 Å². The lowest BCUT2D eigenvalue weighted by Gasteiger charge is -2.16. The molecule has 2 aromatic carbocycles. The molecule has 0 saturated heterocycles. The van der Waals surface area contributed by atoms with Crippen LogP contribution >= 0.6 is 24.0 Å². The Bertz CT molecular complexity index is 725. The molecule has 0 radical (unpaired) electrons. The van der Waals surface area contributed by atoms with Crippen LogP contribution in [0.15, 0.2) is 53.5 Å². The maximum absolute atomic E-state index is 10.4. The Labute approximate surface area is 178 Å². The summed E-state index contributed by atoms with van der Waals surface area (Å²) in [6.45, 7) is 3.60. The van der Waals surface area contributed by atoms with Crippen LogP contribution in [0.3, 0.4) is 0 Å². The lowest BCUT2D eigenvalue weighted by atomic mass is 10.1. The maximum Gasteiger partial charge on any atom is 0.191 e. The first-order valence-electron chi connectivity index (χ1n) is 8.63. The van der Waals surface area contributed by atoms with E-state index in [1.807, 2.05) is 55.5 Å². The minimum atomic E-state index is -0.661. The van der Waals surface area contributed by atoms with Crippen molar-refractivity contribution in [1.29, 1.82) is 0 Å². The van der Waals surface area contributed by atoms with Gasteiger partial charge >= 0.3 is 0 Å². The number of halogens is 1. The van der Waals surface area contributed by atoms with Crippen LogP contribution in [-0.2, 0) is 6.54 Å². The number of benzene rings is 2. The molecule has 0 saturated carbocycles. The van der Waals surface area contributed by atoms with Crippen LogP contribution < -0.4 is 20.1 Å². The molecular formula is C20H28IN3O3. The second-order valence-electron chi connectivity index (χ2n) is 5.72. The molecule has 2 aromatic rings. The molecule has 7 heteroatoms. The second-order valence-corrected chi connectivity index (χ2v) is 5.72. The van der Waals surface area contributed by atoms with Gasteiger partial charge in [0, 0.05) is 13.1 Å². The smallest absolute Gasteiger partial charge is 0.191 e. The van der Waals surface area contributed by atoms with Crippen LogP contribution in [0, 0.1) is 0 Å². The number of ether oxygens (including phenoxy) is 2. The quantitative estimate of drug-likeness (QED) is 0.305. The van der Waals surface area contributed by atoms with E-state index >= 15 is 0 Å². The molecule has 1 unspecified atom stereocenters. The molecule has 3 N–H and O–H groups in total. The Kier molecular flexibility index (Phi) is 10.6. The molecule has 0 amide bonds. The predicted octanol–water partition coefficient (Wildman–Crippen LogP) is 3.11. The fraction of sp³-hybridized carbons (Fsp3) is 0.350. The first-order valence-corrected chi connectivity index (χ1v) is 8.63. The van der Waals surface area contributed by atoms with Crippen molar-refractivity contribution in [3.8, 4) is 11.5 Å². The summed E-state index contributed by atoms with van der Waals surface area (Å²) in [6, 6.07) is 15.2. The average Bonchev–Trinajstić information content (AvgIpc) is 2.70. The number of nitrogens with zero attached hydrogens (tertiary/aromatic N) is 1. The van der Waals surface area contributed by atoms with E-state index in [1.165, 1.54) is 0 Å². The predicted molar refractivity (Wildman–Crippen MR) is 119 cm³/mol. The molecule has 0 aromatic heterocycles. The van der Waals surface area contributed by atoms with Gasteiger partial charge in [-0.3, -0.25) is 0 Å². The Balaban J connectivity index is 0.00000364. The van der Waals surface area contributed by atoms with Gasteiger partial charge in [0.05, 0.1) is 26.9 Å².